The molecule has 0 amide bonds. The molecule has 0 atom stereocenters. The summed E-state index contributed by atoms with van der Waals surface area (Å²) in [6, 6.07) is 10.2. The van der Waals surface area contributed by atoms with Gasteiger partial charge in [-0.15, -0.1) is 0 Å². The lowest BCUT2D eigenvalue weighted by molar-refractivity contribution is -0.148. The summed E-state index contributed by atoms with van der Waals surface area (Å²) in [5, 5.41) is 0. The highest BCUT2D eigenvalue weighted by Crippen LogP contribution is 2.38. The van der Waals surface area contributed by atoms with Crippen molar-refractivity contribution in [2.45, 2.75) is 50.7 Å². The standard InChI is InChI=1S/C16H19NO2/c18-15-11-14(16(19-15)9-5-2-6-10-16)17-12-13-7-3-1-4-8-13/h1,3-4,7-8H,2,5-6,9-12H2. The predicted octanol–water partition coefficient (Wildman–Crippen LogP) is 3.28. The van der Waals surface area contributed by atoms with E-state index in [1.807, 2.05) is 18.2 Å². The molecule has 19 heavy (non-hydrogen) atoms. The first-order chi connectivity index (χ1) is 9.28. The van der Waals surface area contributed by atoms with Gasteiger partial charge in [-0.2, -0.15) is 0 Å². The van der Waals surface area contributed by atoms with Crippen LogP contribution >= 0.6 is 0 Å². The third-order valence-electron chi connectivity index (χ3n) is 4.10. The zero-order valence-corrected chi connectivity index (χ0v) is 11.1. The van der Waals surface area contributed by atoms with Gasteiger partial charge in [0.25, 0.3) is 0 Å². The number of carbonyl (C=O) groups excluding carboxylic acids is 1. The van der Waals surface area contributed by atoms with Gasteiger partial charge in [-0.3, -0.25) is 9.79 Å². The van der Waals surface area contributed by atoms with E-state index < -0.39 is 0 Å². The fourth-order valence-electron chi connectivity index (χ4n) is 3.09. The van der Waals surface area contributed by atoms with Crippen molar-refractivity contribution in [2.24, 2.45) is 4.99 Å². The summed E-state index contributed by atoms with van der Waals surface area (Å²) in [5.74, 6) is -0.103. The fraction of sp³-hybridized carbons (Fsp3) is 0.500. The molecule has 0 unspecified atom stereocenters. The highest BCUT2D eigenvalue weighted by Gasteiger charge is 2.46. The number of nitrogens with zero attached hydrogens (tertiary/aromatic N) is 1. The van der Waals surface area contributed by atoms with Gasteiger partial charge in [-0.1, -0.05) is 36.8 Å². The van der Waals surface area contributed by atoms with Crippen molar-refractivity contribution in [1.29, 1.82) is 0 Å². The summed E-state index contributed by atoms with van der Waals surface area (Å²) in [4.78, 5) is 16.3. The van der Waals surface area contributed by atoms with E-state index in [0.717, 1.165) is 31.4 Å². The fourth-order valence-corrected chi connectivity index (χ4v) is 3.09. The Hall–Kier alpha value is -1.64. The van der Waals surface area contributed by atoms with Crippen molar-refractivity contribution in [3.05, 3.63) is 35.9 Å². The number of ether oxygens (including phenoxy) is 1. The highest BCUT2D eigenvalue weighted by atomic mass is 16.6. The van der Waals surface area contributed by atoms with E-state index >= 15 is 0 Å². The molecule has 3 nitrogen and oxygen atoms in total. The SMILES string of the molecule is O=C1CC(=NCc2ccccc2)C2(CCCCC2)O1. The number of carbonyl (C=O) groups is 1. The van der Waals surface area contributed by atoms with Crippen LogP contribution in [0, 0.1) is 0 Å². The van der Waals surface area contributed by atoms with Crippen LogP contribution in [0.15, 0.2) is 35.3 Å². The molecule has 0 radical (unpaired) electrons. The van der Waals surface area contributed by atoms with Crippen molar-refractivity contribution in [2.75, 3.05) is 0 Å². The molecule has 0 bridgehead atoms. The van der Waals surface area contributed by atoms with Gasteiger partial charge in [0.2, 0.25) is 0 Å². The molecule has 2 aliphatic rings. The summed E-state index contributed by atoms with van der Waals surface area (Å²) in [7, 11) is 0. The lowest BCUT2D eigenvalue weighted by Gasteiger charge is -2.32. The van der Waals surface area contributed by atoms with Crippen molar-refractivity contribution in [1.82, 2.24) is 0 Å². The highest BCUT2D eigenvalue weighted by molar-refractivity contribution is 6.09. The molecule has 1 aromatic rings. The Kier molecular flexibility index (Phi) is 3.36. The summed E-state index contributed by atoms with van der Waals surface area (Å²) < 4.78 is 5.62. The number of hydrogen-bond acceptors (Lipinski definition) is 3. The topological polar surface area (TPSA) is 38.7 Å². The monoisotopic (exact) mass is 257 g/mol. The van der Waals surface area contributed by atoms with Gasteiger partial charge in [-0.05, 0) is 31.2 Å². The smallest absolute Gasteiger partial charge is 0.312 e. The van der Waals surface area contributed by atoms with Gasteiger partial charge in [0.15, 0.2) is 5.60 Å². The molecule has 1 saturated carbocycles. The lowest BCUT2D eigenvalue weighted by Crippen LogP contribution is -2.38. The number of benzene rings is 1. The summed E-state index contributed by atoms with van der Waals surface area (Å²) >= 11 is 0. The maximum atomic E-state index is 11.6. The zero-order chi connectivity index (χ0) is 13.1. The van der Waals surface area contributed by atoms with E-state index in [1.54, 1.807) is 0 Å². The average molecular weight is 257 g/mol. The number of esters is 1. The Bertz CT molecular complexity index is 487. The third-order valence-corrected chi connectivity index (χ3v) is 4.10. The van der Waals surface area contributed by atoms with Crippen LogP contribution in [-0.4, -0.2) is 17.3 Å². The van der Waals surface area contributed by atoms with Gasteiger partial charge in [0.05, 0.1) is 18.7 Å². The molecule has 3 rings (SSSR count). The molecule has 0 aromatic heterocycles. The van der Waals surface area contributed by atoms with Crippen molar-refractivity contribution in [3.8, 4) is 0 Å². The number of rotatable bonds is 2. The second-order valence-corrected chi connectivity index (χ2v) is 5.45. The molecular weight excluding hydrogens is 238 g/mol. The van der Waals surface area contributed by atoms with Crippen LogP contribution in [0.1, 0.15) is 44.1 Å². The van der Waals surface area contributed by atoms with Gasteiger partial charge in [0.1, 0.15) is 0 Å². The number of hydrogen-bond donors (Lipinski definition) is 0. The summed E-state index contributed by atoms with van der Waals surface area (Å²) in [6.07, 6.45) is 5.80. The predicted molar refractivity (Wildman–Crippen MR) is 74.1 cm³/mol. The first-order valence-electron chi connectivity index (χ1n) is 7.08. The molecule has 1 spiro atoms. The van der Waals surface area contributed by atoms with Crippen molar-refractivity contribution < 1.29 is 9.53 Å². The molecule has 0 N–H and O–H groups in total. The summed E-state index contributed by atoms with van der Waals surface area (Å²) in [5.41, 5.74) is 1.80. The van der Waals surface area contributed by atoms with Gasteiger partial charge >= 0.3 is 5.97 Å². The molecule has 2 fully saturated rings. The quantitative estimate of drug-likeness (QED) is 0.763. The Balaban J connectivity index is 1.79. The van der Waals surface area contributed by atoms with Crippen molar-refractivity contribution in [3.63, 3.8) is 0 Å². The van der Waals surface area contributed by atoms with E-state index in [4.69, 9.17) is 9.73 Å². The maximum Gasteiger partial charge on any atom is 0.312 e. The van der Waals surface area contributed by atoms with Crippen LogP contribution in [-0.2, 0) is 16.1 Å². The van der Waals surface area contributed by atoms with Crippen LogP contribution < -0.4 is 0 Å². The molecule has 1 saturated heterocycles. The molecular formula is C16H19NO2. The van der Waals surface area contributed by atoms with Gasteiger partial charge < -0.3 is 4.74 Å². The van der Waals surface area contributed by atoms with Gasteiger partial charge in [-0.25, -0.2) is 0 Å². The van der Waals surface area contributed by atoms with E-state index in [0.29, 0.717) is 13.0 Å². The van der Waals surface area contributed by atoms with Crippen molar-refractivity contribution >= 4 is 11.7 Å². The molecule has 1 aliphatic carbocycles. The van der Waals surface area contributed by atoms with Crippen LogP contribution in [0.5, 0.6) is 0 Å². The Labute approximate surface area is 113 Å². The minimum atomic E-state index is -0.357. The van der Waals surface area contributed by atoms with E-state index in [9.17, 15) is 4.79 Å². The van der Waals surface area contributed by atoms with Crippen LogP contribution in [0.25, 0.3) is 0 Å². The number of aliphatic imine (C=N–C) groups is 1. The molecule has 1 aromatic carbocycles. The molecule has 100 valence electrons. The lowest BCUT2D eigenvalue weighted by atomic mass is 9.81. The minimum absolute atomic E-state index is 0.103. The minimum Gasteiger partial charge on any atom is -0.453 e. The largest absolute Gasteiger partial charge is 0.453 e. The van der Waals surface area contributed by atoms with Crippen LogP contribution in [0.3, 0.4) is 0 Å². The second kappa shape index (κ2) is 5.16. The van der Waals surface area contributed by atoms with Crippen LogP contribution in [0.2, 0.25) is 0 Å². The maximum absolute atomic E-state index is 11.6. The van der Waals surface area contributed by atoms with Crippen LogP contribution in [0.4, 0.5) is 0 Å². The van der Waals surface area contributed by atoms with E-state index in [-0.39, 0.29) is 11.6 Å². The summed E-state index contributed by atoms with van der Waals surface area (Å²) in [6.45, 7) is 0.647. The Morgan fingerprint density at radius 3 is 2.58 bits per heavy atom. The third kappa shape index (κ3) is 2.55. The van der Waals surface area contributed by atoms with E-state index in [1.165, 1.54) is 12.0 Å². The van der Waals surface area contributed by atoms with Gasteiger partial charge in [0, 0.05) is 0 Å². The molecule has 1 aliphatic heterocycles. The second-order valence-electron chi connectivity index (χ2n) is 5.45. The first-order valence-corrected chi connectivity index (χ1v) is 7.08. The first kappa shape index (κ1) is 12.4. The molecule has 1 heterocycles. The normalized spacial score (nSPS) is 23.8. The van der Waals surface area contributed by atoms with E-state index in [2.05, 4.69) is 12.1 Å². The molecule has 3 heteroatoms. The average Bonchev–Trinajstić information content (AvgIpc) is 2.74. The zero-order valence-electron chi connectivity index (χ0n) is 11.1. The Morgan fingerprint density at radius 1 is 1.11 bits per heavy atom. The Morgan fingerprint density at radius 2 is 1.84 bits per heavy atom.